The maximum absolute atomic E-state index is 13.1. The van der Waals surface area contributed by atoms with Gasteiger partial charge < -0.3 is 10.5 Å². The molecule has 94 valence electrons. The van der Waals surface area contributed by atoms with E-state index in [1.807, 2.05) is 0 Å². The second-order valence-corrected chi connectivity index (χ2v) is 4.72. The van der Waals surface area contributed by atoms with E-state index in [4.69, 9.17) is 10.5 Å². The van der Waals surface area contributed by atoms with Crippen molar-refractivity contribution in [2.75, 3.05) is 7.11 Å². The van der Waals surface area contributed by atoms with E-state index in [-0.39, 0.29) is 11.6 Å². The first-order chi connectivity index (χ1) is 8.06. The highest BCUT2D eigenvalue weighted by Gasteiger charge is 2.38. The average Bonchev–Trinajstić information content (AvgIpc) is 2.27. The van der Waals surface area contributed by atoms with Crippen molar-refractivity contribution >= 4 is 0 Å². The van der Waals surface area contributed by atoms with Gasteiger partial charge in [0.05, 0.1) is 5.60 Å². The number of ether oxygens (including phenoxy) is 1. The average molecular weight is 241 g/mol. The van der Waals surface area contributed by atoms with Crippen LogP contribution in [0.5, 0.6) is 0 Å². The monoisotopic (exact) mass is 241 g/mol. The summed E-state index contributed by atoms with van der Waals surface area (Å²) in [5, 5.41) is 0. The largest absolute Gasteiger partial charge is 0.378 e. The molecular weight excluding hydrogens is 224 g/mol. The molecule has 0 amide bonds. The molecule has 1 atom stereocenters. The first-order valence-corrected chi connectivity index (χ1v) is 5.82. The molecule has 1 saturated carbocycles. The fourth-order valence-corrected chi connectivity index (χ4v) is 2.32. The highest BCUT2D eigenvalue weighted by Crippen LogP contribution is 2.41. The van der Waals surface area contributed by atoms with Gasteiger partial charge in [-0.2, -0.15) is 0 Å². The number of methoxy groups -OCH3 is 1. The molecule has 2 N–H and O–H groups in total. The molecule has 17 heavy (non-hydrogen) atoms. The fraction of sp³-hybridized carbons (Fsp3) is 0.538. The number of benzene rings is 1. The number of halogens is 2. The van der Waals surface area contributed by atoms with Crippen molar-refractivity contribution in [2.24, 2.45) is 5.73 Å². The summed E-state index contributed by atoms with van der Waals surface area (Å²) in [4.78, 5) is 0. The van der Waals surface area contributed by atoms with Crippen molar-refractivity contribution in [2.45, 2.75) is 37.3 Å². The molecule has 0 bridgehead atoms. The van der Waals surface area contributed by atoms with E-state index >= 15 is 0 Å². The molecule has 1 aliphatic carbocycles. The molecule has 0 aromatic heterocycles. The maximum atomic E-state index is 13.1. The summed E-state index contributed by atoms with van der Waals surface area (Å²) >= 11 is 0. The zero-order valence-electron chi connectivity index (χ0n) is 9.88. The molecule has 1 aromatic carbocycles. The minimum atomic E-state index is -0.849. The lowest BCUT2D eigenvalue weighted by Gasteiger charge is -2.42. The summed E-state index contributed by atoms with van der Waals surface area (Å²) in [6, 6.07) is 3.50. The summed E-state index contributed by atoms with van der Waals surface area (Å²) in [5.74, 6) is -1.69. The van der Waals surface area contributed by atoms with Gasteiger partial charge in [-0.05, 0) is 43.4 Å². The molecule has 0 radical (unpaired) electrons. The van der Waals surface area contributed by atoms with E-state index < -0.39 is 11.6 Å². The molecule has 2 rings (SSSR count). The van der Waals surface area contributed by atoms with E-state index in [1.54, 1.807) is 7.11 Å². The van der Waals surface area contributed by atoms with E-state index in [2.05, 4.69) is 0 Å². The normalized spacial score (nSPS) is 19.8. The Kier molecular flexibility index (Phi) is 3.45. The lowest BCUT2D eigenvalue weighted by Crippen LogP contribution is -2.41. The van der Waals surface area contributed by atoms with Crippen LogP contribution in [0.1, 0.15) is 37.3 Å². The standard InChI is InChI=1S/C13H17F2NO/c1-17-13(5-2-6-13)8-12(16)9-3-4-10(14)11(15)7-9/h3-4,7,12H,2,5-6,8,16H2,1H3. The third kappa shape index (κ3) is 2.48. The number of hydrogen-bond donors (Lipinski definition) is 1. The molecule has 1 fully saturated rings. The van der Waals surface area contributed by atoms with E-state index in [0.717, 1.165) is 25.3 Å². The Morgan fingerprint density at radius 2 is 2.06 bits per heavy atom. The van der Waals surface area contributed by atoms with Crippen LogP contribution in [0.3, 0.4) is 0 Å². The number of nitrogens with two attached hydrogens (primary N) is 1. The first kappa shape index (κ1) is 12.5. The molecule has 1 unspecified atom stereocenters. The smallest absolute Gasteiger partial charge is 0.159 e. The van der Waals surface area contributed by atoms with Crippen LogP contribution in [0.15, 0.2) is 18.2 Å². The Labute approximate surface area is 99.8 Å². The minimum absolute atomic E-state index is 0.162. The number of hydrogen-bond acceptors (Lipinski definition) is 2. The van der Waals surface area contributed by atoms with Crippen LogP contribution in [0.4, 0.5) is 8.78 Å². The van der Waals surface area contributed by atoms with Crippen LogP contribution in [0.2, 0.25) is 0 Å². The van der Waals surface area contributed by atoms with Crippen molar-refractivity contribution < 1.29 is 13.5 Å². The van der Waals surface area contributed by atoms with Gasteiger partial charge in [-0.25, -0.2) is 8.78 Å². The van der Waals surface area contributed by atoms with Crippen molar-refractivity contribution in [3.05, 3.63) is 35.4 Å². The summed E-state index contributed by atoms with van der Waals surface area (Å²) in [7, 11) is 1.68. The predicted octanol–water partition coefficient (Wildman–Crippen LogP) is 2.92. The topological polar surface area (TPSA) is 35.2 Å². The second kappa shape index (κ2) is 4.70. The summed E-state index contributed by atoms with van der Waals surface area (Å²) < 4.78 is 31.4. The van der Waals surface area contributed by atoms with Gasteiger partial charge in [-0.1, -0.05) is 6.07 Å². The maximum Gasteiger partial charge on any atom is 0.159 e. The van der Waals surface area contributed by atoms with E-state index in [1.165, 1.54) is 12.1 Å². The third-order valence-corrected chi connectivity index (χ3v) is 3.66. The van der Waals surface area contributed by atoms with Crippen LogP contribution in [0.25, 0.3) is 0 Å². The van der Waals surface area contributed by atoms with Gasteiger partial charge in [0.2, 0.25) is 0 Å². The molecule has 0 heterocycles. The molecule has 1 aromatic rings. The predicted molar refractivity (Wildman–Crippen MR) is 61.5 cm³/mol. The SMILES string of the molecule is COC1(CC(N)c2ccc(F)c(F)c2)CCC1. The summed E-state index contributed by atoms with van der Waals surface area (Å²) in [6.07, 6.45) is 3.76. The summed E-state index contributed by atoms with van der Waals surface area (Å²) in [5.41, 5.74) is 6.47. The van der Waals surface area contributed by atoms with Gasteiger partial charge in [0.25, 0.3) is 0 Å². The Morgan fingerprint density at radius 1 is 1.35 bits per heavy atom. The van der Waals surface area contributed by atoms with Gasteiger partial charge in [0.15, 0.2) is 11.6 Å². The molecule has 0 spiro atoms. The first-order valence-electron chi connectivity index (χ1n) is 5.82. The van der Waals surface area contributed by atoms with Gasteiger partial charge >= 0.3 is 0 Å². The van der Waals surface area contributed by atoms with Crippen molar-refractivity contribution in [1.82, 2.24) is 0 Å². The summed E-state index contributed by atoms with van der Waals surface area (Å²) in [6.45, 7) is 0. The Bertz CT molecular complexity index is 399. The van der Waals surface area contributed by atoms with E-state index in [9.17, 15) is 8.78 Å². The lowest BCUT2D eigenvalue weighted by atomic mass is 9.75. The van der Waals surface area contributed by atoms with Gasteiger partial charge in [-0.3, -0.25) is 0 Å². The second-order valence-electron chi connectivity index (χ2n) is 4.72. The van der Waals surface area contributed by atoms with Crippen molar-refractivity contribution in [3.8, 4) is 0 Å². The zero-order chi connectivity index (χ0) is 12.5. The Hall–Kier alpha value is -1.00. The van der Waals surface area contributed by atoms with E-state index in [0.29, 0.717) is 12.0 Å². The third-order valence-electron chi connectivity index (χ3n) is 3.66. The highest BCUT2D eigenvalue weighted by atomic mass is 19.2. The van der Waals surface area contributed by atoms with Crippen LogP contribution in [0, 0.1) is 11.6 Å². The van der Waals surface area contributed by atoms with Gasteiger partial charge in [0, 0.05) is 13.2 Å². The molecule has 1 aliphatic rings. The van der Waals surface area contributed by atoms with Crippen LogP contribution in [-0.4, -0.2) is 12.7 Å². The Balaban J connectivity index is 2.08. The van der Waals surface area contributed by atoms with Crippen LogP contribution >= 0.6 is 0 Å². The molecular formula is C13H17F2NO. The quantitative estimate of drug-likeness (QED) is 0.879. The minimum Gasteiger partial charge on any atom is -0.378 e. The van der Waals surface area contributed by atoms with Gasteiger partial charge in [-0.15, -0.1) is 0 Å². The zero-order valence-corrected chi connectivity index (χ0v) is 9.88. The fourth-order valence-electron chi connectivity index (χ4n) is 2.32. The molecule has 4 heteroatoms. The van der Waals surface area contributed by atoms with Crippen molar-refractivity contribution in [3.63, 3.8) is 0 Å². The molecule has 0 aliphatic heterocycles. The highest BCUT2D eigenvalue weighted by molar-refractivity contribution is 5.21. The molecule has 0 saturated heterocycles. The Morgan fingerprint density at radius 3 is 2.53 bits per heavy atom. The van der Waals surface area contributed by atoms with Crippen LogP contribution in [-0.2, 0) is 4.74 Å². The van der Waals surface area contributed by atoms with Gasteiger partial charge in [0.1, 0.15) is 0 Å². The lowest BCUT2D eigenvalue weighted by molar-refractivity contribution is -0.0817. The van der Waals surface area contributed by atoms with Crippen LogP contribution < -0.4 is 5.73 Å². The molecule has 2 nitrogen and oxygen atoms in total. The number of rotatable bonds is 4. The van der Waals surface area contributed by atoms with Crippen molar-refractivity contribution in [1.29, 1.82) is 0 Å².